The topological polar surface area (TPSA) is 64.7 Å². The monoisotopic (exact) mass is 429 g/mol. The van der Waals surface area contributed by atoms with Crippen LogP contribution in [0.3, 0.4) is 0 Å². The first-order chi connectivity index (χ1) is 15.0. The zero-order valence-corrected chi connectivity index (χ0v) is 18.4. The molecule has 0 saturated carbocycles. The maximum Gasteiger partial charge on any atom is 0.240 e. The van der Waals surface area contributed by atoms with Gasteiger partial charge in [-0.3, -0.25) is 14.8 Å². The van der Waals surface area contributed by atoms with Crippen molar-refractivity contribution in [2.24, 2.45) is 0 Å². The molecule has 3 heterocycles. The molecular formula is C23H32FN5O2. The van der Waals surface area contributed by atoms with Crippen molar-refractivity contribution in [2.75, 3.05) is 46.4 Å². The molecule has 2 atom stereocenters. The number of ether oxygens (including phenoxy) is 1. The van der Waals surface area contributed by atoms with E-state index in [-0.39, 0.29) is 18.9 Å². The van der Waals surface area contributed by atoms with Crippen LogP contribution < -0.4 is 4.74 Å². The fourth-order valence-electron chi connectivity index (χ4n) is 4.54. The lowest BCUT2D eigenvalue weighted by atomic mass is 10.1. The summed E-state index contributed by atoms with van der Waals surface area (Å²) in [7, 11) is 2.08. The predicted octanol–water partition coefficient (Wildman–Crippen LogP) is 2.55. The van der Waals surface area contributed by atoms with Crippen LogP contribution in [0.25, 0.3) is 11.3 Å². The number of aromatic nitrogens is 2. The third-order valence-corrected chi connectivity index (χ3v) is 6.21. The number of aromatic amines is 1. The normalized spacial score (nSPS) is 23.1. The van der Waals surface area contributed by atoms with Gasteiger partial charge in [0, 0.05) is 50.3 Å². The minimum Gasteiger partial charge on any atom is -0.494 e. The van der Waals surface area contributed by atoms with Crippen LogP contribution in [0.5, 0.6) is 5.75 Å². The molecule has 0 aliphatic carbocycles. The van der Waals surface area contributed by atoms with Crippen LogP contribution in [-0.4, -0.2) is 89.4 Å². The Kier molecular flexibility index (Phi) is 6.87. The number of likely N-dealkylation sites (N-methyl/N-ethyl adjacent to an activating group) is 1. The molecule has 0 radical (unpaired) electrons. The Morgan fingerprint density at radius 1 is 1.23 bits per heavy atom. The summed E-state index contributed by atoms with van der Waals surface area (Å²) in [5, 5.41) is 7.29. The molecule has 31 heavy (non-hydrogen) atoms. The summed E-state index contributed by atoms with van der Waals surface area (Å²) in [6, 6.07) is 7.42. The zero-order chi connectivity index (χ0) is 21.8. The van der Waals surface area contributed by atoms with E-state index >= 15 is 0 Å². The molecule has 2 saturated heterocycles. The van der Waals surface area contributed by atoms with E-state index in [1.54, 1.807) is 6.20 Å². The Morgan fingerprint density at radius 2 is 2.03 bits per heavy atom. The van der Waals surface area contributed by atoms with Crippen molar-refractivity contribution in [3.8, 4) is 17.0 Å². The van der Waals surface area contributed by atoms with Gasteiger partial charge in [-0.25, -0.2) is 4.39 Å². The molecule has 1 aromatic heterocycles. The number of nitrogens with one attached hydrogen (secondary N) is 1. The fraction of sp³-hybridized carbons (Fsp3) is 0.565. The van der Waals surface area contributed by atoms with Crippen LogP contribution >= 0.6 is 0 Å². The molecule has 0 spiro atoms. The van der Waals surface area contributed by atoms with Crippen molar-refractivity contribution in [3.63, 3.8) is 0 Å². The number of likely N-dealkylation sites (tertiary alicyclic amines) is 1. The first kappa shape index (κ1) is 21.8. The van der Waals surface area contributed by atoms with Crippen molar-refractivity contribution in [3.05, 3.63) is 36.0 Å². The van der Waals surface area contributed by atoms with E-state index in [1.807, 2.05) is 41.0 Å². The van der Waals surface area contributed by atoms with Crippen molar-refractivity contribution in [1.82, 2.24) is 24.9 Å². The number of carbonyl (C=O) groups excluding carboxylic acids is 1. The highest BCUT2D eigenvalue weighted by atomic mass is 19.1. The second-order valence-electron chi connectivity index (χ2n) is 8.49. The van der Waals surface area contributed by atoms with Crippen LogP contribution in [-0.2, 0) is 11.3 Å². The summed E-state index contributed by atoms with van der Waals surface area (Å²) < 4.78 is 19.9. The summed E-state index contributed by atoms with van der Waals surface area (Å²) in [6.07, 6.45) is 2.02. The molecule has 1 N–H and O–H groups in total. The van der Waals surface area contributed by atoms with E-state index in [2.05, 4.69) is 22.1 Å². The number of halogens is 1. The van der Waals surface area contributed by atoms with Gasteiger partial charge in [0.15, 0.2) is 0 Å². The molecule has 168 valence electrons. The Hall–Kier alpha value is -2.45. The minimum absolute atomic E-state index is 0.0570. The van der Waals surface area contributed by atoms with E-state index in [0.29, 0.717) is 19.7 Å². The van der Waals surface area contributed by atoms with E-state index in [1.165, 1.54) is 0 Å². The van der Waals surface area contributed by atoms with Gasteiger partial charge in [-0.15, -0.1) is 0 Å². The van der Waals surface area contributed by atoms with Crippen LogP contribution in [0.1, 0.15) is 25.3 Å². The van der Waals surface area contributed by atoms with E-state index in [0.717, 1.165) is 48.6 Å². The van der Waals surface area contributed by atoms with Gasteiger partial charge in [-0.1, -0.05) is 0 Å². The third kappa shape index (κ3) is 5.07. The number of alkyl halides is 1. The number of amides is 1. The van der Waals surface area contributed by atoms with Gasteiger partial charge in [0.05, 0.1) is 24.5 Å². The highest BCUT2D eigenvalue weighted by molar-refractivity contribution is 5.82. The third-order valence-electron chi connectivity index (χ3n) is 6.21. The zero-order valence-electron chi connectivity index (χ0n) is 18.4. The number of H-pyrrole nitrogens is 1. The Bertz CT molecular complexity index is 871. The predicted molar refractivity (Wildman–Crippen MR) is 118 cm³/mol. The standard InChI is InChI=1S/C23H32FN5O2/c1-3-31-20-7-5-17(6-8-20)22-18(14-25-26-22)15-29-16-19(24)13-21(29)23(30)28-10-4-9-27(2)11-12-28/h5-8,14,19,21H,3-4,9-13,15-16H2,1-2H3,(H,25,26)/t19-,21-/m0/s1. The second kappa shape index (κ2) is 9.78. The Labute approximate surface area is 183 Å². The lowest BCUT2D eigenvalue weighted by Gasteiger charge is -2.29. The van der Waals surface area contributed by atoms with Gasteiger partial charge >= 0.3 is 0 Å². The van der Waals surface area contributed by atoms with Gasteiger partial charge in [0.2, 0.25) is 5.91 Å². The fourth-order valence-corrected chi connectivity index (χ4v) is 4.54. The molecule has 2 aliphatic heterocycles. The molecule has 8 heteroatoms. The lowest BCUT2D eigenvalue weighted by Crippen LogP contribution is -2.46. The molecule has 2 aliphatic rings. The molecule has 0 unspecified atom stereocenters. The van der Waals surface area contributed by atoms with E-state index in [4.69, 9.17) is 4.74 Å². The first-order valence-electron chi connectivity index (χ1n) is 11.2. The molecule has 1 aromatic carbocycles. The molecular weight excluding hydrogens is 397 g/mol. The van der Waals surface area contributed by atoms with Crippen LogP contribution in [0.4, 0.5) is 4.39 Å². The average molecular weight is 430 g/mol. The number of carbonyl (C=O) groups is 1. The largest absolute Gasteiger partial charge is 0.494 e. The Morgan fingerprint density at radius 3 is 2.81 bits per heavy atom. The average Bonchev–Trinajstić information content (AvgIpc) is 3.30. The molecule has 4 rings (SSSR count). The first-order valence-corrected chi connectivity index (χ1v) is 11.2. The van der Waals surface area contributed by atoms with Gasteiger partial charge in [0.1, 0.15) is 11.9 Å². The quantitative estimate of drug-likeness (QED) is 0.765. The number of benzene rings is 1. The van der Waals surface area contributed by atoms with Crippen LogP contribution in [0.2, 0.25) is 0 Å². The summed E-state index contributed by atoms with van der Waals surface area (Å²) in [5.41, 5.74) is 2.85. The van der Waals surface area contributed by atoms with Crippen molar-refractivity contribution in [1.29, 1.82) is 0 Å². The number of hydrogen-bond donors (Lipinski definition) is 1. The Balaban J connectivity index is 1.48. The van der Waals surface area contributed by atoms with Gasteiger partial charge < -0.3 is 14.5 Å². The second-order valence-corrected chi connectivity index (χ2v) is 8.49. The smallest absolute Gasteiger partial charge is 0.240 e. The van der Waals surface area contributed by atoms with Gasteiger partial charge in [-0.2, -0.15) is 5.10 Å². The summed E-state index contributed by atoms with van der Waals surface area (Å²) in [6.45, 7) is 6.65. The molecule has 2 fully saturated rings. The van der Waals surface area contributed by atoms with E-state index < -0.39 is 12.2 Å². The van der Waals surface area contributed by atoms with Gasteiger partial charge in [0.25, 0.3) is 0 Å². The van der Waals surface area contributed by atoms with E-state index in [9.17, 15) is 9.18 Å². The lowest BCUT2D eigenvalue weighted by molar-refractivity contribution is -0.136. The highest BCUT2D eigenvalue weighted by Crippen LogP contribution is 2.29. The molecule has 1 amide bonds. The van der Waals surface area contributed by atoms with Crippen LogP contribution in [0.15, 0.2) is 30.5 Å². The van der Waals surface area contributed by atoms with Crippen molar-refractivity contribution >= 4 is 5.91 Å². The van der Waals surface area contributed by atoms with Gasteiger partial charge in [-0.05, 0) is 51.2 Å². The van der Waals surface area contributed by atoms with Crippen molar-refractivity contribution in [2.45, 2.75) is 38.5 Å². The SMILES string of the molecule is CCOc1ccc(-c2[nH]ncc2CN2C[C@@H](F)C[C@H]2C(=O)N2CCCN(C)CC2)cc1. The summed E-state index contributed by atoms with van der Waals surface area (Å²) in [5.74, 6) is 0.877. The molecule has 0 bridgehead atoms. The molecule has 2 aromatic rings. The number of nitrogens with zero attached hydrogens (tertiary/aromatic N) is 4. The number of hydrogen-bond acceptors (Lipinski definition) is 5. The van der Waals surface area contributed by atoms with Crippen LogP contribution in [0, 0.1) is 0 Å². The highest BCUT2D eigenvalue weighted by Gasteiger charge is 2.39. The maximum atomic E-state index is 14.4. The number of rotatable bonds is 6. The summed E-state index contributed by atoms with van der Waals surface area (Å²) >= 11 is 0. The minimum atomic E-state index is -0.982. The summed E-state index contributed by atoms with van der Waals surface area (Å²) in [4.78, 5) is 19.4. The maximum absolute atomic E-state index is 14.4. The molecule has 7 nitrogen and oxygen atoms in total. The van der Waals surface area contributed by atoms with Crippen molar-refractivity contribution < 1.29 is 13.9 Å².